The van der Waals surface area contributed by atoms with Crippen LogP contribution in [0.5, 0.6) is 0 Å². The van der Waals surface area contributed by atoms with Crippen LogP contribution in [0, 0.1) is 17.5 Å². The minimum atomic E-state index is -0.853. The van der Waals surface area contributed by atoms with Crippen molar-refractivity contribution in [1.82, 2.24) is 10.2 Å². The number of hydrogen-bond donors (Lipinski definition) is 2. The minimum Gasteiger partial charge on any atom is -0.379 e. The van der Waals surface area contributed by atoms with Crippen LogP contribution in [0.1, 0.15) is 11.6 Å². The second kappa shape index (κ2) is 8.88. The van der Waals surface area contributed by atoms with E-state index in [-0.39, 0.29) is 24.1 Å². The summed E-state index contributed by atoms with van der Waals surface area (Å²) in [6, 6.07) is 8.22. The van der Waals surface area contributed by atoms with Gasteiger partial charge >= 0.3 is 6.03 Å². The number of amides is 2. The van der Waals surface area contributed by atoms with Gasteiger partial charge in [-0.1, -0.05) is 12.1 Å². The van der Waals surface area contributed by atoms with Crippen LogP contribution in [0.2, 0.25) is 0 Å². The Morgan fingerprint density at radius 3 is 2.37 bits per heavy atom. The molecule has 0 spiro atoms. The molecule has 2 amide bonds. The normalized spacial score (nSPS) is 16.0. The molecule has 2 aromatic rings. The second-order valence-electron chi connectivity index (χ2n) is 6.17. The molecule has 0 aliphatic carbocycles. The zero-order chi connectivity index (χ0) is 19.2. The van der Waals surface area contributed by atoms with E-state index in [0.29, 0.717) is 32.4 Å². The number of carbonyl (C=O) groups is 1. The molecule has 3 rings (SSSR count). The fraction of sp³-hybridized carbons (Fsp3) is 0.316. The summed E-state index contributed by atoms with van der Waals surface area (Å²) in [5.74, 6) is -1.91. The first-order chi connectivity index (χ1) is 13.0. The van der Waals surface area contributed by atoms with Crippen LogP contribution >= 0.6 is 0 Å². The van der Waals surface area contributed by atoms with Gasteiger partial charge in [-0.25, -0.2) is 18.0 Å². The summed E-state index contributed by atoms with van der Waals surface area (Å²) >= 11 is 0. The van der Waals surface area contributed by atoms with Crippen LogP contribution in [-0.2, 0) is 4.74 Å². The lowest BCUT2D eigenvalue weighted by molar-refractivity contribution is 0.0167. The van der Waals surface area contributed by atoms with Crippen molar-refractivity contribution in [3.05, 3.63) is 65.5 Å². The van der Waals surface area contributed by atoms with Crippen molar-refractivity contribution in [2.75, 3.05) is 38.2 Å². The smallest absolute Gasteiger partial charge is 0.319 e. The number of halogens is 3. The van der Waals surface area contributed by atoms with Gasteiger partial charge in [-0.15, -0.1) is 0 Å². The number of nitrogens with one attached hydrogen (secondary N) is 2. The van der Waals surface area contributed by atoms with E-state index in [0.717, 1.165) is 17.7 Å². The van der Waals surface area contributed by atoms with Crippen molar-refractivity contribution in [3.63, 3.8) is 0 Å². The maximum Gasteiger partial charge on any atom is 0.319 e. The molecule has 1 saturated heterocycles. The lowest BCUT2D eigenvalue weighted by Crippen LogP contribution is -2.44. The van der Waals surface area contributed by atoms with E-state index in [1.54, 1.807) is 12.1 Å². The Bertz CT molecular complexity index is 780. The molecule has 0 radical (unpaired) electrons. The van der Waals surface area contributed by atoms with Crippen LogP contribution in [0.15, 0.2) is 42.5 Å². The highest BCUT2D eigenvalue weighted by Gasteiger charge is 2.23. The van der Waals surface area contributed by atoms with Crippen LogP contribution < -0.4 is 10.6 Å². The summed E-state index contributed by atoms with van der Waals surface area (Å²) in [4.78, 5) is 14.3. The monoisotopic (exact) mass is 379 g/mol. The molecule has 0 bridgehead atoms. The van der Waals surface area contributed by atoms with Crippen molar-refractivity contribution in [2.45, 2.75) is 6.04 Å². The van der Waals surface area contributed by atoms with Crippen LogP contribution in [0.3, 0.4) is 0 Å². The molecule has 0 aromatic heterocycles. The van der Waals surface area contributed by atoms with Gasteiger partial charge in [0, 0.05) is 25.7 Å². The van der Waals surface area contributed by atoms with Crippen LogP contribution in [-0.4, -0.2) is 43.8 Å². The highest BCUT2D eigenvalue weighted by molar-refractivity contribution is 5.89. The maximum atomic E-state index is 13.7. The lowest BCUT2D eigenvalue weighted by Gasteiger charge is -2.35. The summed E-state index contributed by atoms with van der Waals surface area (Å²) in [5, 5.41) is 5.06. The molecule has 1 heterocycles. The van der Waals surface area contributed by atoms with Crippen molar-refractivity contribution >= 4 is 11.7 Å². The molecule has 1 fully saturated rings. The van der Waals surface area contributed by atoms with Gasteiger partial charge in [-0.3, -0.25) is 4.90 Å². The van der Waals surface area contributed by atoms with Gasteiger partial charge < -0.3 is 15.4 Å². The molecule has 2 N–H and O–H groups in total. The first kappa shape index (κ1) is 19.2. The zero-order valence-electron chi connectivity index (χ0n) is 14.6. The highest BCUT2D eigenvalue weighted by Crippen LogP contribution is 2.22. The summed E-state index contributed by atoms with van der Waals surface area (Å²) < 4.78 is 45.2. The Hall–Kier alpha value is -2.58. The summed E-state index contributed by atoms with van der Waals surface area (Å²) in [6.07, 6.45) is 0. The lowest BCUT2D eigenvalue weighted by atomic mass is 10.0. The molecule has 5 nitrogen and oxygen atoms in total. The Kier molecular flexibility index (Phi) is 6.31. The Morgan fingerprint density at radius 2 is 1.70 bits per heavy atom. The molecule has 144 valence electrons. The number of benzene rings is 2. The number of rotatable bonds is 5. The average molecular weight is 379 g/mol. The number of carbonyl (C=O) groups excluding carboxylic acids is 1. The van der Waals surface area contributed by atoms with Gasteiger partial charge in [-0.05, 0) is 29.8 Å². The third-order valence-electron chi connectivity index (χ3n) is 4.38. The zero-order valence-corrected chi connectivity index (χ0v) is 14.6. The van der Waals surface area contributed by atoms with E-state index in [2.05, 4.69) is 15.5 Å². The molecule has 1 atom stereocenters. The molecular weight excluding hydrogens is 359 g/mol. The number of morpholine rings is 1. The van der Waals surface area contributed by atoms with E-state index in [1.807, 2.05) is 0 Å². The molecule has 1 aliphatic heterocycles. The summed E-state index contributed by atoms with van der Waals surface area (Å²) in [6.45, 7) is 2.74. The Labute approximate surface area is 155 Å². The maximum absolute atomic E-state index is 13.7. The van der Waals surface area contributed by atoms with Gasteiger partial charge in [0.1, 0.15) is 17.5 Å². The first-order valence-electron chi connectivity index (χ1n) is 8.60. The third-order valence-corrected chi connectivity index (χ3v) is 4.38. The molecular formula is C19H20F3N3O2. The first-order valence-corrected chi connectivity index (χ1v) is 8.60. The Balaban J connectivity index is 1.66. The fourth-order valence-corrected chi connectivity index (χ4v) is 2.98. The third kappa shape index (κ3) is 5.21. The number of hydrogen-bond acceptors (Lipinski definition) is 3. The standard InChI is InChI=1S/C19H20F3N3O2/c20-14-3-1-13(2-4-14)18(25-7-9-27-10-8-25)12-23-19(26)24-17-6-5-15(21)11-16(17)22/h1-6,11,18H,7-10,12H2,(H2,23,24,26). The number of ether oxygens (including phenoxy) is 1. The molecule has 8 heteroatoms. The molecule has 1 aliphatic rings. The van der Waals surface area contributed by atoms with Crippen LogP contribution in [0.4, 0.5) is 23.7 Å². The summed E-state index contributed by atoms with van der Waals surface area (Å²) in [5.41, 5.74) is 0.741. The van der Waals surface area contributed by atoms with Gasteiger partial charge in [0.25, 0.3) is 0 Å². The molecule has 27 heavy (non-hydrogen) atoms. The number of nitrogens with zero attached hydrogens (tertiary/aromatic N) is 1. The molecule has 2 aromatic carbocycles. The van der Waals surface area contributed by atoms with Gasteiger partial charge in [-0.2, -0.15) is 0 Å². The van der Waals surface area contributed by atoms with E-state index in [4.69, 9.17) is 4.74 Å². The van der Waals surface area contributed by atoms with E-state index in [9.17, 15) is 18.0 Å². The largest absolute Gasteiger partial charge is 0.379 e. The highest BCUT2D eigenvalue weighted by atomic mass is 19.1. The van der Waals surface area contributed by atoms with Gasteiger partial charge in [0.05, 0.1) is 24.9 Å². The molecule has 1 unspecified atom stereocenters. The Morgan fingerprint density at radius 1 is 1.04 bits per heavy atom. The van der Waals surface area contributed by atoms with Crippen molar-refractivity contribution < 1.29 is 22.7 Å². The van der Waals surface area contributed by atoms with Gasteiger partial charge in [0.15, 0.2) is 0 Å². The SMILES string of the molecule is O=C(NCC(c1ccc(F)cc1)N1CCOCC1)Nc1ccc(F)cc1F. The second-order valence-corrected chi connectivity index (χ2v) is 6.17. The average Bonchev–Trinajstić information content (AvgIpc) is 2.66. The van der Waals surface area contributed by atoms with Crippen LogP contribution in [0.25, 0.3) is 0 Å². The number of anilines is 1. The predicted octanol–water partition coefficient (Wildman–Crippen LogP) is 3.30. The summed E-state index contributed by atoms with van der Waals surface area (Å²) in [7, 11) is 0. The van der Waals surface area contributed by atoms with Crippen molar-refractivity contribution in [2.24, 2.45) is 0 Å². The topological polar surface area (TPSA) is 53.6 Å². The van der Waals surface area contributed by atoms with E-state index >= 15 is 0 Å². The number of urea groups is 1. The van der Waals surface area contributed by atoms with E-state index in [1.165, 1.54) is 12.1 Å². The quantitative estimate of drug-likeness (QED) is 0.838. The van der Waals surface area contributed by atoms with Crippen molar-refractivity contribution in [1.29, 1.82) is 0 Å². The molecule has 0 saturated carbocycles. The fourth-order valence-electron chi connectivity index (χ4n) is 2.98. The predicted molar refractivity (Wildman–Crippen MR) is 94.9 cm³/mol. The van der Waals surface area contributed by atoms with E-state index < -0.39 is 17.7 Å². The minimum absolute atomic E-state index is 0.112. The van der Waals surface area contributed by atoms with Gasteiger partial charge in [0.2, 0.25) is 0 Å². The van der Waals surface area contributed by atoms with Crippen molar-refractivity contribution in [3.8, 4) is 0 Å².